The van der Waals surface area contributed by atoms with E-state index in [4.69, 9.17) is 18.9 Å². The molecule has 1 atom stereocenters. The van der Waals surface area contributed by atoms with Gasteiger partial charge in [-0.15, -0.1) is 0 Å². The Labute approximate surface area is 176 Å². The Bertz CT molecular complexity index is 805. The first-order chi connectivity index (χ1) is 14.1. The van der Waals surface area contributed by atoms with Gasteiger partial charge in [0.2, 0.25) is 12.7 Å². The first kappa shape index (κ1) is 23.5. The van der Waals surface area contributed by atoms with Crippen molar-refractivity contribution in [3.05, 3.63) is 23.3 Å². The second-order valence-corrected chi connectivity index (χ2v) is 8.03. The quantitative estimate of drug-likeness (QED) is 0.387. The van der Waals surface area contributed by atoms with Crippen LogP contribution in [-0.4, -0.2) is 49.8 Å². The van der Waals surface area contributed by atoms with Gasteiger partial charge in [0, 0.05) is 6.42 Å². The van der Waals surface area contributed by atoms with Crippen LogP contribution < -0.4 is 14.7 Å². The van der Waals surface area contributed by atoms with E-state index in [-0.39, 0.29) is 23.6 Å². The molecule has 1 aromatic carbocycles. The molecule has 164 valence electrons. The number of methoxy groups -OCH3 is 1. The Morgan fingerprint density at radius 3 is 2.57 bits per heavy atom. The third kappa shape index (κ3) is 5.88. The van der Waals surface area contributed by atoms with Gasteiger partial charge in [0.05, 0.1) is 18.5 Å². The highest BCUT2D eigenvalue weighted by Gasteiger charge is 2.38. The third-order valence-corrected chi connectivity index (χ3v) is 4.43. The molecule has 0 bridgehead atoms. The molecule has 2 N–H and O–H groups in total. The van der Waals surface area contributed by atoms with Crippen LogP contribution in [0, 0.1) is 5.41 Å². The fourth-order valence-corrected chi connectivity index (χ4v) is 2.82. The Kier molecular flexibility index (Phi) is 7.72. The molecule has 0 saturated heterocycles. The van der Waals surface area contributed by atoms with Crippen LogP contribution in [0.4, 0.5) is 0 Å². The van der Waals surface area contributed by atoms with Crippen molar-refractivity contribution in [1.29, 1.82) is 0 Å². The number of hydrogen-bond donors (Lipinski definition) is 2. The number of amides is 1. The summed E-state index contributed by atoms with van der Waals surface area (Å²) in [4.78, 5) is 36.3. The minimum Gasteiger partial charge on any atom is -0.534 e. The van der Waals surface area contributed by atoms with E-state index >= 15 is 0 Å². The van der Waals surface area contributed by atoms with Crippen molar-refractivity contribution in [2.75, 3.05) is 13.9 Å². The zero-order valence-electron chi connectivity index (χ0n) is 17.9. The van der Waals surface area contributed by atoms with Crippen LogP contribution in [0.15, 0.2) is 12.1 Å². The summed E-state index contributed by atoms with van der Waals surface area (Å²) >= 11 is 0. The van der Waals surface area contributed by atoms with Crippen molar-refractivity contribution >= 4 is 25.0 Å². The maximum Gasteiger partial charge on any atom is 0.547 e. The number of esters is 2. The maximum absolute atomic E-state index is 12.6. The van der Waals surface area contributed by atoms with E-state index in [9.17, 15) is 19.4 Å². The molecule has 0 saturated carbocycles. The van der Waals surface area contributed by atoms with Gasteiger partial charge in [-0.25, -0.2) is 4.79 Å². The van der Waals surface area contributed by atoms with Gasteiger partial charge < -0.3 is 29.2 Å². The van der Waals surface area contributed by atoms with Crippen molar-refractivity contribution in [2.45, 2.75) is 52.9 Å². The molecule has 30 heavy (non-hydrogen) atoms. The largest absolute Gasteiger partial charge is 0.547 e. The molecule has 1 aliphatic rings. The van der Waals surface area contributed by atoms with Gasteiger partial charge in [0.25, 0.3) is 0 Å². The number of carbonyl (C=O) groups excluding carboxylic acids is 3. The van der Waals surface area contributed by atoms with Gasteiger partial charge in [-0.05, 0) is 51.3 Å². The lowest BCUT2D eigenvalue weighted by molar-refractivity contribution is -0.161. The fraction of sp³-hybridized carbons (Fsp3) is 0.550. The van der Waals surface area contributed by atoms with Crippen molar-refractivity contribution in [1.82, 2.24) is 5.32 Å². The topological polar surface area (TPSA) is 120 Å². The summed E-state index contributed by atoms with van der Waals surface area (Å²) in [7, 11) is 0.109. The van der Waals surface area contributed by atoms with Gasteiger partial charge in [-0.2, -0.15) is 0 Å². The number of ether oxygens (including phenoxy) is 3. The summed E-state index contributed by atoms with van der Waals surface area (Å²) in [6, 6.07) is 3.08. The van der Waals surface area contributed by atoms with Crippen LogP contribution in [0.3, 0.4) is 0 Å². The highest BCUT2D eigenvalue weighted by atomic mass is 16.7. The van der Waals surface area contributed by atoms with Crippen LogP contribution >= 0.6 is 0 Å². The average molecular weight is 421 g/mol. The van der Waals surface area contributed by atoms with E-state index in [2.05, 4.69) is 5.32 Å². The third-order valence-electron chi connectivity index (χ3n) is 4.43. The minimum atomic E-state index is -1.34. The van der Waals surface area contributed by atoms with Crippen LogP contribution in [0.25, 0.3) is 0 Å². The minimum absolute atomic E-state index is 0.0218. The van der Waals surface area contributed by atoms with Gasteiger partial charge in [-0.1, -0.05) is 6.92 Å². The lowest BCUT2D eigenvalue weighted by Crippen LogP contribution is -2.53. The Morgan fingerprint density at radius 1 is 1.27 bits per heavy atom. The molecule has 1 amide bonds. The molecule has 1 heterocycles. The van der Waals surface area contributed by atoms with Crippen LogP contribution in [-0.2, 0) is 25.5 Å². The number of rotatable bonds is 7. The molecule has 10 heteroatoms. The first-order valence-corrected chi connectivity index (χ1v) is 9.76. The lowest BCUT2D eigenvalue weighted by atomic mass is 9.72. The molecule has 0 aromatic heterocycles. The standard InChI is InChI=1S/C20H28BNO8/c1-6-7-16(23)22-15-9-12-8-13(27-5)10-14(17(12)30-21(15)26)18(24)28-11-29-19(25)20(2,3)4/h8,10,15,26H,6-7,9,11H2,1-5H3,(H,22,23)/t15-/m0/s1. The average Bonchev–Trinajstić information content (AvgIpc) is 2.67. The van der Waals surface area contributed by atoms with E-state index in [1.54, 1.807) is 26.8 Å². The first-order valence-electron chi connectivity index (χ1n) is 9.76. The van der Waals surface area contributed by atoms with Crippen molar-refractivity contribution in [3.8, 4) is 11.5 Å². The van der Waals surface area contributed by atoms with Crippen LogP contribution in [0.2, 0.25) is 0 Å². The maximum atomic E-state index is 12.6. The molecular weight excluding hydrogens is 393 g/mol. The number of carbonyl (C=O) groups is 3. The summed E-state index contributed by atoms with van der Waals surface area (Å²) in [5, 5.41) is 13.0. The van der Waals surface area contributed by atoms with E-state index in [1.807, 2.05) is 6.92 Å². The van der Waals surface area contributed by atoms with Gasteiger partial charge >= 0.3 is 19.1 Å². The molecule has 9 nitrogen and oxygen atoms in total. The molecule has 0 spiro atoms. The second kappa shape index (κ2) is 9.84. The van der Waals surface area contributed by atoms with Gasteiger partial charge in [-0.3, -0.25) is 9.59 Å². The molecule has 2 rings (SSSR count). The summed E-state index contributed by atoms with van der Waals surface area (Å²) in [6.07, 6.45) is 1.25. The van der Waals surface area contributed by atoms with Gasteiger partial charge in [0.15, 0.2) is 0 Å². The number of hydrogen-bond acceptors (Lipinski definition) is 8. The molecule has 0 fully saturated rings. The van der Waals surface area contributed by atoms with Crippen LogP contribution in [0.5, 0.6) is 11.5 Å². The number of benzene rings is 1. The highest BCUT2D eigenvalue weighted by Crippen LogP contribution is 2.34. The van der Waals surface area contributed by atoms with E-state index in [1.165, 1.54) is 13.2 Å². The summed E-state index contributed by atoms with van der Waals surface area (Å²) < 4.78 is 20.8. The van der Waals surface area contributed by atoms with E-state index in [0.717, 1.165) is 0 Å². The number of nitrogens with one attached hydrogen (secondary N) is 1. The van der Waals surface area contributed by atoms with Crippen LogP contribution in [0.1, 0.15) is 56.5 Å². The SMILES string of the molecule is CCCC(=O)N[C@H]1Cc2cc(OC)cc(C(=O)OCOC(=O)C(C)(C)C)c2OB1O. The normalized spacial score (nSPS) is 15.5. The second-order valence-electron chi connectivity index (χ2n) is 8.03. The summed E-state index contributed by atoms with van der Waals surface area (Å²) in [5.74, 6) is -1.66. The Morgan fingerprint density at radius 2 is 1.97 bits per heavy atom. The fourth-order valence-electron chi connectivity index (χ4n) is 2.82. The van der Waals surface area contributed by atoms with E-state index in [0.29, 0.717) is 24.2 Å². The van der Waals surface area contributed by atoms with Crippen molar-refractivity contribution in [3.63, 3.8) is 0 Å². The van der Waals surface area contributed by atoms with E-state index < -0.39 is 37.2 Å². The number of fused-ring (bicyclic) bond motifs is 1. The molecule has 0 unspecified atom stereocenters. The lowest BCUT2D eigenvalue weighted by Gasteiger charge is -2.29. The van der Waals surface area contributed by atoms with Crippen molar-refractivity contribution < 1.29 is 38.3 Å². The smallest absolute Gasteiger partial charge is 0.534 e. The highest BCUT2D eigenvalue weighted by molar-refractivity contribution is 6.47. The summed E-state index contributed by atoms with van der Waals surface area (Å²) in [6.45, 7) is 6.37. The van der Waals surface area contributed by atoms with Gasteiger partial charge in [0.1, 0.15) is 17.1 Å². The monoisotopic (exact) mass is 421 g/mol. The zero-order chi connectivity index (χ0) is 22.5. The molecule has 0 radical (unpaired) electrons. The summed E-state index contributed by atoms with van der Waals surface area (Å²) in [5.41, 5.74) is -0.139. The predicted molar refractivity (Wildman–Crippen MR) is 108 cm³/mol. The molecule has 1 aliphatic heterocycles. The van der Waals surface area contributed by atoms with Crippen molar-refractivity contribution in [2.24, 2.45) is 5.41 Å². The predicted octanol–water partition coefficient (Wildman–Crippen LogP) is 1.64. The Balaban J connectivity index is 2.17. The molecule has 1 aromatic rings. The Hall–Kier alpha value is -2.75. The zero-order valence-corrected chi connectivity index (χ0v) is 17.9. The molecular formula is C20H28BNO8. The molecule has 0 aliphatic carbocycles.